The summed E-state index contributed by atoms with van der Waals surface area (Å²) in [7, 11) is 0. The van der Waals surface area contributed by atoms with Crippen LogP contribution in [-0.4, -0.2) is 16.1 Å². The van der Waals surface area contributed by atoms with Crippen LogP contribution in [0.3, 0.4) is 0 Å². The molecule has 0 saturated heterocycles. The van der Waals surface area contributed by atoms with Gasteiger partial charge < -0.3 is 5.11 Å². The lowest BCUT2D eigenvalue weighted by atomic mass is 9.66. The van der Waals surface area contributed by atoms with Gasteiger partial charge in [-0.25, -0.2) is 0 Å². The molecule has 0 radical (unpaired) electrons. The molecule has 3 heteroatoms. The Morgan fingerprint density at radius 1 is 1.45 bits per heavy atom. The summed E-state index contributed by atoms with van der Waals surface area (Å²) in [5.74, 6) is 0.676. The first-order valence-corrected chi connectivity index (χ1v) is 7.58. The van der Waals surface area contributed by atoms with E-state index in [1.165, 1.54) is 0 Å². The number of rotatable bonds is 4. The Morgan fingerprint density at radius 3 is 2.60 bits per heavy atom. The number of carboxylic acid groups (broad SMARTS) is 1. The fourth-order valence-electron chi connectivity index (χ4n) is 3.35. The Bertz CT molecular complexity index is 474. The van der Waals surface area contributed by atoms with Gasteiger partial charge in [-0.15, -0.1) is 0 Å². The van der Waals surface area contributed by atoms with Gasteiger partial charge in [0, 0.05) is 18.3 Å². The second-order valence-electron chi connectivity index (χ2n) is 6.61. The molecule has 1 saturated carbocycles. The molecule has 1 N–H and O–H groups in total. The second kappa shape index (κ2) is 5.94. The van der Waals surface area contributed by atoms with Crippen LogP contribution in [0.1, 0.15) is 50.8 Å². The van der Waals surface area contributed by atoms with Crippen LogP contribution in [-0.2, 0) is 11.2 Å². The summed E-state index contributed by atoms with van der Waals surface area (Å²) in [5, 5.41) is 9.74. The van der Waals surface area contributed by atoms with E-state index in [4.69, 9.17) is 0 Å². The molecule has 1 aromatic heterocycles. The lowest BCUT2D eigenvalue weighted by Gasteiger charge is -2.38. The molecule has 2 rings (SSSR count). The zero-order valence-electron chi connectivity index (χ0n) is 12.7. The third kappa shape index (κ3) is 3.02. The Hall–Kier alpha value is -1.38. The number of pyridine rings is 1. The van der Waals surface area contributed by atoms with Crippen LogP contribution in [0, 0.1) is 24.2 Å². The van der Waals surface area contributed by atoms with Gasteiger partial charge in [0.15, 0.2) is 0 Å². The highest BCUT2D eigenvalue weighted by atomic mass is 16.4. The predicted molar refractivity (Wildman–Crippen MR) is 79.5 cm³/mol. The number of hydrogen-bond donors (Lipinski definition) is 1. The first-order valence-electron chi connectivity index (χ1n) is 7.58. The van der Waals surface area contributed by atoms with E-state index in [0.717, 1.165) is 36.9 Å². The summed E-state index contributed by atoms with van der Waals surface area (Å²) in [5.41, 5.74) is 1.43. The highest BCUT2D eigenvalue weighted by Crippen LogP contribution is 2.43. The summed E-state index contributed by atoms with van der Waals surface area (Å²) < 4.78 is 0. The zero-order chi connectivity index (χ0) is 14.8. The van der Waals surface area contributed by atoms with Gasteiger partial charge in [0.05, 0.1) is 5.41 Å². The summed E-state index contributed by atoms with van der Waals surface area (Å²) in [6.07, 6.45) is 5.94. The van der Waals surface area contributed by atoms with Gasteiger partial charge >= 0.3 is 5.97 Å². The fraction of sp³-hybridized carbons (Fsp3) is 0.647. The average molecular weight is 275 g/mol. The van der Waals surface area contributed by atoms with E-state index >= 15 is 0 Å². The monoisotopic (exact) mass is 275 g/mol. The number of carboxylic acids is 1. The Morgan fingerprint density at radius 2 is 2.10 bits per heavy atom. The van der Waals surface area contributed by atoms with E-state index in [-0.39, 0.29) is 0 Å². The Balaban J connectivity index is 2.16. The zero-order valence-corrected chi connectivity index (χ0v) is 12.7. The minimum Gasteiger partial charge on any atom is -0.481 e. The van der Waals surface area contributed by atoms with Crippen LogP contribution >= 0.6 is 0 Å². The van der Waals surface area contributed by atoms with Crippen molar-refractivity contribution < 1.29 is 9.90 Å². The molecule has 20 heavy (non-hydrogen) atoms. The van der Waals surface area contributed by atoms with Crippen molar-refractivity contribution in [3.8, 4) is 0 Å². The number of nitrogens with zero attached hydrogens (tertiary/aromatic N) is 1. The van der Waals surface area contributed by atoms with Crippen molar-refractivity contribution in [1.29, 1.82) is 0 Å². The lowest BCUT2D eigenvalue weighted by Crippen LogP contribution is -2.38. The highest BCUT2D eigenvalue weighted by molar-refractivity contribution is 5.75. The molecular weight excluding hydrogens is 250 g/mol. The Kier molecular flexibility index (Phi) is 4.46. The Labute approximate surface area is 121 Å². The molecule has 0 unspecified atom stereocenters. The molecule has 0 aromatic carbocycles. The minimum absolute atomic E-state index is 0.569. The highest BCUT2D eigenvalue weighted by Gasteiger charge is 2.42. The van der Waals surface area contributed by atoms with Crippen molar-refractivity contribution in [3.05, 3.63) is 29.6 Å². The van der Waals surface area contributed by atoms with Crippen molar-refractivity contribution >= 4 is 5.97 Å². The van der Waals surface area contributed by atoms with Crippen molar-refractivity contribution in [3.63, 3.8) is 0 Å². The topological polar surface area (TPSA) is 50.2 Å². The maximum atomic E-state index is 11.8. The first kappa shape index (κ1) is 15.0. The SMILES string of the molecule is Cc1cccnc1CC1(C(=O)O)CCC(C(C)C)CC1. The molecule has 1 aliphatic carbocycles. The van der Waals surface area contributed by atoms with E-state index in [2.05, 4.69) is 18.8 Å². The van der Waals surface area contributed by atoms with Crippen LogP contribution in [0.2, 0.25) is 0 Å². The minimum atomic E-state index is -0.648. The van der Waals surface area contributed by atoms with Gasteiger partial charge in [-0.2, -0.15) is 0 Å². The standard InChI is InChI=1S/C17H25NO2/c1-12(2)14-6-8-17(9-7-14,16(19)20)11-15-13(3)5-4-10-18-15/h4-5,10,12,14H,6-9,11H2,1-3H3,(H,19,20). The average Bonchev–Trinajstić information content (AvgIpc) is 2.42. The van der Waals surface area contributed by atoms with Crippen molar-refractivity contribution in [2.45, 2.75) is 52.9 Å². The maximum Gasteiger partial charge on any atom is 0.310 e. The van der Waals surface area contributed by atoms with E-state index in [9.17, 15) is 9.90 Å². The van der Waals surface area contributed by atoms with Crippen molar-refractivity contribution in [2.75, 3.05) is 0 Å². The molecule has 0 atom stereocenters. The van der Waals surface area contributed by atoms with Crippen LogP contribution in [0.4, 0.5) is 0 Å². The van der Waals surface area contributed by atoms with Gasteiger partial charge in [-0.3, -0.25) is 9.78 Å². The fourth-order valence-corrected chi connectivity index (χ4v) is 3.35. The number of aryl methyl sites for hydroxylation is 1. The van der Waals surface area contributed by atoms with Crippen LogP contribution in [0.5, 0.6) is 0 Å². The summed E-state index contributed by atoms with van der Waals surface area (Å²) in [6.45, 7) is 6.49. The number of aromatic nitrogens is 1. The predicted octanol–water partition coefficient (Wildman–Crippen LogP) is 3.85. The third-order valence-corrected chi connectivity index (χ3v) is 5.01. The number of carbonyl (C=O) groups is 1. The van der Waals surface area contributed by atoms with E-state index in [0.29, 0.717) is 18.3 Å². The molecule has 3 nitrogen and oxygen atoms in total. The molecule has 110 valence electrons. The van der Waals surface area contributed by atoms with Crippen LogP contribution in [0.25, 0.3) is 0 Å². The van der Waals surface area contributed by atoms with E-state index in [1.54, 1.807) is 6.20 Å². The first-order chi connectivity index (χ1) is 9.44. The number of aliphatic carboxylic acids is 1. The van der Waals surface area contributed by atoms with Gasteiger partial charge in [-0.1, -0.05) is 19.9 Å². The normalized spacial score (nSPS) is 26.7. The molecule has 0 bridgehead atoms. The largest absolute Gasteiger partial charge is 0.481 e. The molecule has 1 aromatic rings. The lowest BCUT2D eigenvalue weighted by molar-refractivity contribution is -0.152. The quantitative estimate of drug-likeness (QED) is 0.908. The van der Waals surface area contributed by atoms with E-state index in [1.807, 2.05) is 19.1 Å². The van der Waals surface area contributed by atoms with E-state index < -0.39 is 11.4 Å². The van der Waals surface area contributed by atoms with Crippen LogP contribution in [0.15, 0.2) is 18.3 Å². The number of hydrogen-bond acceptors (Lipinski definition) is 2. The molecule has 1 heterocycles. The van der Waals surface area contributed by atoms with Crippen molar-refractivity contribution in [1.82, 2.24) is 4.98 Å². The molecule has 1 fully saturated rings. The molecular formula is C17H25NO2. The van der Waals surface area contributed by atoms with Gasteiger partial charge in [0.25, 0.3) is 0 Å². The summed E-state index contributed by atoms with van der Waals surface area (Å²) in [4.78, 5) is 16.2. The maximum absolute atomic E-state index is 11.8. The second-order valence-corrected chi connectivity index (χ2v) is 6.61. The summed E-state index contributed by atoms with van der Waals surface area (Å²) >= 11 is 0. The van der Waals surface area contributed by atoms with Crippen LogP contribution < -0.4 is 0 Å². The molecule has 1 aliphatic rings. The molecule has 0 aliphatic heterocycles. The van der Waals surface area contributed by atoms with Gasteiger partial charge in [0.2, 0.25) is 0 Å². The van der Waals surface area contributed by atoms with Gasteiger partial charge in [0.1, 0.15) is 0 Å². The molecule has 0 amide bonds. The summed E-state index contributed by atoms with van der Waals surface area (Å²) in [6, 6.07) is 3.92. The third-order valence-electron chi connectivity index (χ3n) is 5.01. The smallest absolute Gasteiger partial charge is 0.310 e. The van der Waals surface area contributed by atoms with Gasteiger partial charge in [-0.05, 0) is 56.1 Å². The molecule has 0 spiro atoms. The van der Waals surface area contributed by atoms with Crippen molar-refractivity contribution in [2.24, 2.45) is 17.3 Å².